The summed E-state index contributed by atoms with van der Waals surface area (Å²) in [6.45, 7) is 0. The Bertz CT molecular complexity index is 693. The molecule has 8 heteroatoms. The Kier molecular flexibility index (Phi) is 5.63. The fourth-order valence-corrected chi connectivity index (χ4v) is 3.21. The molecule has 0 aliphatic heterocycles. The fourth-order valence-electron chi connectivity index (χ4n) is 2.05. The van der Waals surface area contributed by atoms with Gasteiger partial charge >= 0.3 is 6.36 Å². The number of hydrogen-bond acceptors (Lipinski definition) is 4. The molecule has 0 heterocycles. The molecule has 130 valence electrons. The van der Waals surface area contributed by atoms with Crippen molar-refractivity contribution in [2.45, 2.75) is 29.0 Å². The van der Waals surface area contributed by atoms with E-state index in [4.69, 9.17) is 10.5 Å². The van der Waals surface area contributed by atoms with Crippen molar-refractivity contribution in [1.82, 2.24) is 0 Å². The molecule has 0 amide bonds. The SMILES string of the molecule is Nc1cc(OC(F)(F)F)ccc1OC1(Sc2ccccc2)CC1.[Fe]. The van der Waals surface area contributed by atoms with Gasteiger partial charge in [0.05, 0.1) is 5.69 Å². The quantitative estimate of drug-likeness (QED) is 0.446. The van der Waals surface area contributed by atoms with Crippen LogP contribution in [0.5, 0.6) is 11.5 Å². The van der Waals surface area contributed by atoms with Crippen LogP contribution in [0.25, 0.3) is 0 Å². The second kappa shape index (κ2) is 7.17. The minimum absolute atomic E-state index is 0. The van der Waals surface area contributed by atoms with E-state index in [0.717, 1.165) is 23.8 Å². The second-order valence-electron chi connectivity index (χ2n) is 5.18. The monoisotopic (exact) mass is 397 g/mol. The van der Waals surface area contributed by atoms with E-state index in [-0.39, 0.29) is 28.5 Å². The molecule has 0 bridgehead atoms. The third-order valence-electron chi connectivity index (χ3n) is 3.22. The maximum Gasteiger partial charge on any atom is 0.573 e. The van der Waals surface area contributed by atoms with Gasteiger partial charge in [0.25, 0.3) is 0 Å². The van der Waals surface area contributed by atoms with Crippen LogP contribution >= 0.6 is 11.8 Å². The Labute approximate surface area is 152 Å². The molecule has 2 aromatic rings. The van der Waals surface area contributed by atoms with Gasteiger partial charge in [-0.3, -0.25) is 0 Å². The number of hydrogen-bond donors (Lipinski definition) is 1. The Morgan fingerprint density at radius 2 is 1.71 bits per heavy atom. The van der Waals surface area contributed by atoms with E-state index in [1.165, 1.54) is 12.1 Å². The van der Waals surface area contributed by atoms with E-state index in [1.54, 1.807) is 11.8 Å². The van der Waals surface area contributed by atoms with Gasteiger partial charge in [-0.15, -0.1) is 13.2 Å². The molecule has 1 aliphatic rings. The number of alkyl halides is 3. The first-order valence-electron chi connectivity index (χ1n) is 6.94. The average Bonchev–Trinajstić information content (AvgIpc) is 3.21. The standard InChI is InChI=1S/C16H14F3NO2S.Fe/c17-16(18,19)21-11-6-7-14(13(20)10-11)22-15(8-9-15)23-12-4-2-1-3-5-12;/h1-7,10H,8-9,20H2;. The van der Waals surface area contributed by atoms with E-state index in [9.17, 15) is 13.2 Å². The summed E-state index contributed by atoms with van der Waals surface area (Å²) in [6, 6.07) is 13.5. The van der Waals surface area contributed by atoms with Gasteiger partial charge in [0.2, 0.25) is 0 Å². The van der Waals surface area contributed by atoms with E-state index in [0.29, 0.717) is 5.75 Å². The molecule has 1 aliphatic carbocycles. The van der Waals surface area contributed by atoms with Crippen LogP contribution in [0.4, 0.5) is 18.9 Å². The van der Waals surface area contributed by atoms with Crippen molar-refractivity contribution in [3.8, 4) is 11.5 Å². The van der Waals surface area contributed by atoms with Crippen LogP contribution in [0.15, 0.2) is 53.4 Å². The number of rotatable bonds is 5. The number of benzene rings is 2. The summed E-state index contributed by atoms with van der Waals surface area (Å²) in [6.07, 6.45) is -3.03. The molecule has 24 heavy (non-hydrogen) atoms. The normalized spacial score (nSPS) is 15.3. The van der Waals surface area contributed by atoms with Crippen molar-refractivity contribution >= 4 is 17.4 Å². The summed E-state index contributed by atoms with van der Waals surface area (Å²) in [7, 11) is 0. The minimum atomic E-state index is -4.74. The molecule has 0 aromatic heterocycles. The van der Waals surface area contributed by atoms with Crippen molar-refractivity contribution in [3.63, 3.8) is 0 Å². The third kappa shape index (κ3) is 5.00. The van der Waals surface area contributed by atoms with Crippen molar-refractivity contribution < 1.29 is 39.7 Å². The molecule has 0 spiro atoms. The van der Waals surface area contributed by atoms with E-state index < -0.39 is 11.3 Å². The van der Waals surface area contributed by atoms with Gasteiger partial charge in [0.1, 0.15) is 11.5 Å². The van der Waals surface area contributed by atoms with Crippen LogP contribution in [0.1, 0.15) is 12.8 Å². The molecule has 3 nitrogen and oxygen atoms in total. The van der Waals surface area contributed by atoms with E-state index in [2.05, 4.69) is 4.74 Å². The maximum absolute atomic E-state index is 12.2. The first-order chi connectivity index (χ1) is 10.9. The summed E-state index contributed by atoms with van der Waals surface area (Å²) in [5.74, 6) is 0.00312. The molecular weight excluding hydrogens is 383 g/mol. The predicted octanol–water partition coefficient (Wildman–Crippen LogP) is 4.83. The van der Waals surface area contributed by atoms with Crippen molar-refractivity contribution in [2.24, 2.45) is 0 Å². The topological polar surface area (TPSA) is 44.5 Å². The first kappa shape index (κ1) is 18.8. The largest absolute Gasteiger partial charge is 0.573 e. The van der Waals surface area contributed by atoms with Crippen LogP contribution < -0.4 is 15.2 Å². The van der Waals surface area contributed by atoms with Gasteiger partial charge in [-0.25, -0.2) is 0 Å². The van der Waals surface area contributed by atoms with Crippen LogP contribution in [0.2, 0.25) is 0 Å². The zero-order valence-electron chi connectivity index (χ0n) is 12.3. The minimum Gasteiger partial charge on any atom is -0.474 e. The molecule has 3 rings (SSSR count). The number of nitrogens with two attached hydrogens (primary N) is 1. The summed E-state index contributed by atoms with van der Waals surface area (Å²) < 4.78 is 46.4. The second-order valence-corrected chi connectivity index (χ2v) is 6.59. The molecule has 0 atom stereocenters. The van der Waals surface area contributed by atoms with Crippen LogP contribution in [-0.4, -0.2) is 11.3 Å². The van der Waals surface area contributed by atoms with Gasteiger partial charge in [0.15, 0.2) is 4.93 Å². The Hall–Kier alpha value is -1.50. The molecule has 2 aromatic carbocycles. The average molecular weight is 397 g/mol. The predicted molar refractivity (Wildman–Crippen MR) is 82.4 cm³/mol. The van der Waals surface area contributed by atoms with Crippen molar-refractivity contribution in [2.75, 3.05) is 5.73 Å². The Morgan fingerprint density at radius 1 is 1.04 bits per heavy atom. The molecule has 2 N–H and O–H groups in total. The van der Waals surface area contributed by atoms with Crippen LogP contribution in [0.3, 0.4) is 0 Å². The number of halogens is 3. The van der Waals surface area contributed by atoms with E-state index in [1.807, 2.05) is 30.3 Å². The molecule has 0 radical (unpaired) electrons. The summed E-state index contributed by atoms with van der Waals surface area (Å²) in [5.41, 5.74) is 5.90. The smallest absolute Gasteiger partial charge is 0.474 e. The maximum atomic E-state index is 12.2. The summed E-state index contributed by atoms with van der Waals surface area (Å²) in [5, 5.41) is 0. The molecular formula is C16H14F3FeNO2S. The molecule has 0 unspecified atom stereocenters. The van der Waals surface area contributed by atoms with Crippen LogP contribution in [-0.2, 0) is 17.1 Å². The first-order valence-corrected chi connectivity index (χ1v) is 7.75. The van der Waals surface area contributed by atoms with E-state index >= 15 is 0 Å². The summed E-state index contributed by atoms with van der Waals surface area (Å²) in [4.78, 5) is 0.669. The number of thioether (sulfide) groups is 1. The van der Waals surface area contributed by atoms with Crippen LogP contribution in [0, 0.1) is 0 Å². The molecule has 1 saturated carbocycles. The zero-order valence-corrected chi connectivity index (χ0v) is 14.2. The third-order valence-corrected chi connectivity index (χ3v) is 4.59. The van der Waals surface area contributed by atoms with Crippen molar-refractivity contribution in [3.05, 3.63) is 48.5 Å². The summed E-state index contributed by atoms with van der Waals surface area (Å²) >= 11 is 1.59. The number of nitrogen functional groups attached to an aromatic ring is 1. The van der Waals surface area contributed by atoms with Gasteiger partial charge in [-0.2, -0.15) is 0 Å². The number of ether oxygens (including phenoxy) is 2. The van der Waals surface area contributed by atoms with Gasteiger partial charge in [-0.05, 0) is 24.3 Å². The number of anilines is 1. The van der Waals surface area contributed by atoms with Crippen molar-refractivity contribution in [1.29, 1.82) is 0 Å². The Morgan fingerprint density at radius 3 is 2.25 bits per heavy atom. The molecule has 0 saturated heterocycles. The van der Waals surface area contributed by atoms with Gasteiger partial charge < -0.3 is 15.2 Å². The van der Waals surface area contributed by atoms with Gasteiger partial charge in [-0.1, -0.05) is 30.0 Å². The zero-order chi connectivity index (χ0) is 16.5. The molecule has 1 fully saturated rings. The fraction of sp³-hybridized carbons (Fsp3) is 0.250. The Balaban J connectivity index is 0.00000208. The van der Waals surface area contributed by atoms with Gasteiger partial charge in [0, 0.05) is 40.9 Å².